The van der Waals surface area contributed by atoms with E-state index in [0.717, 1.165) is 10.0 Å². The average molecular weight is 347 g/mol. The normalized spacial score (nSPS) is 10.4. The lowest BCUT2D eigenvalue weighted by molar-refractivity contribution is 0.306. The summed E-state index contributed by atoms with van der Waals surface area (Å²) in [5.41, 5.74) is 7.44. The number of nitrogens with two attached hydrogens (primary N) is 1. The average Bonchev–Trinajstić information content (AvgIpc) is 2.33. The van der Waals surface area contributed by atoms with Gasteiger partial charge in [0.2, 0.25) is 0 Å². The standard InChI is InChI=1S/C13H10BrCl2NO/c14-9-3-1-5-11(17)8(9)7-18-12-6-2-4-10(15)13(12)16/h1-6H,7,17H2. The van der Waals surface area contributed by atoms with Crippen molar-refractivity contribution in [2.75, 3.05) is 5.73 Å². The lowest BCUT2D eigenvalue weighted by atomic mass is 10.2. The number of hydrogen-bond donors (Lipinski definition) is 1. The molecule has 0 atom stereocenters. The van der Waals surface area contributed by atoms with Crippen molar-refractivity contribution in [1.29, 1.82) is 0 Å². The molecule has 18 heavy (non-hydrogen) atoms. The van der Waals surface area contributed by atoms with Crippen LogP contribution in [0.1, 0.15) is 5.56 Å². The number of rotatable bonds is 3. The maximum atomic E-state index is 6.04. The predicted molar refractivity (Wildman–Crippen MR) is 79.3 cm³/mol. The van der Waals surface area contributed by atoms with Crippen molar-refractivity contribution >= 4 is 44.8 Å². The number of benzene rings is 2. The quantitative estimate of drug-likeness (QED) is 0.801. The molecule has 94 valence electrons. The van der Waals surface area contributed by atoms with Crippen LogP contribution >= 0.6 is 39.1 Å². The van der Waals surface area contributed by atoms with E-state index in [2.05, 4.69) is 15.9 Å². The van der Waals surface area contributed by atoms with E-state index in [4.69, 9.17) is 33.7 Å². The molecule has 0 spiro atoms. The molecular weight excluding hydrogens is 337 g/mol. The molecule has 0 saturated carbocycles. The van der Waals surface area contributed by atoms with E-state index in [0.29, 0.717) is 28.1 Å². The van der Waals surface area contributed by atoms with Crippen LogP contribution < -0.4 is 10.5 Å². The van der Waals surface area contributed by atoms with Crippen molar-refractivity contribution in [3.05, 3.63) is 56.5 Å². The molecule has 0 bridgehead atoms. The second-order valence-electron chi connectivity index (χ2n) is 3.65. The van der Waals surface area contributed by atoms with Gasteiger partial charge in [-0.25, -0.2) is 0 Å². The van der Waals surface area contributed by atoms with Crippen molar-refractivity contribution in [3.63, 3.8) is 0 Å². The van der Waals surface area contributed by atoms with Gasteiger partial charge in [0.15, 0.2) is 0 Å². The molecule has 0 aliphatic heterocycles. The van der Waals surface area contributed by atoms with E-state index in [9.17, 15) is 0 Å². The second-order valence-corrected chi connectivity index (χ2v) is 5.29. The highest BCUT2D eigenvalue weighted by molar-refractivity contribution is 9.10. The molecule has 0 saturated heterocycles. The topological polar surface area (TPSA) is 35.2 Å². The van der Waals surface area contributed by atoms with Crippen LogP contribution in [0.4, 0.5) is 5.69 Å². The summed E-state index contributed by atoms with van der Waals surface area (Å²) in [6, 6.07) is 10.9. The summed E-state index contributed by atoms with van der Waals surface area (Å²) >= 11 is 15.4. The first kappa shape index (κ1) is 13.5. The van der Waals surface area contributed by atoms with E-state index in [1.54, 1.807) is 18.2 Å². The lowest BCUT2D eigenvalue weighted by Crippen LogP contribution is -2.01. The summed E-state index contributed by atoms with van der Waals surface area (Å²) in [5, 5.41) is 0.874. The fourth-order valence-corrected chi connectivity index (χ4v) is 2.32. The summed E-state index contributed by atoms with van der Waals surface area (Å²) in [6.07, 6.45) is 0. The minimum Gasteiger partial charge on any atom is -0.487 e. The first-order valence-electron chi connectivity index (χ1n) is 5.19. The molecule has 0 amide bonds. The molecule has 0 aliphatic rings. The highest BCUT2D eigenvalue weighted by Gasteiger charge is 2.08. The maximum Gasteiger partial charge on any atom is 0.139 e. The van der Waals surface area contributed by atoms with E-state index in [1.165, 1.54) is 0 Å². The van der Waals surface area contributed by atoms with Gasteiger partial charge in [0, 0.05) is 15.7 Å². The smallest absolute Gasteiger partial charge is 0.139 e. The minimum absolute atomic E-state index is 0.327. The largest absolute Gasteiger partial charge is 0.487 e. The molecular formula is C13H10BrCl2NO. The Bertz CT molecular complexity index is 555. The summed E-state index contributed by atoms with van der Waals surface area (Å²) in [6.45, 7) is 0.327. The van der Waals surface area contributed by atoms with Gasteiger partial charge in [0.1, 0.15) is 17.4 Å². The summed E-state index contributed by atoms with van der Waals surface area (Å²) in [7, 11) is 0. The molecule has 2 nitrogen and oxygen atoms in total. The lowest BCUT2D eigenvalue weighted by Gasteiger charge is -2.11. The Morgan fingerprint density at radius 1 is 1.11 bits per heavy atom. The van der Waals surface area contributed by atoms with Crippen LogP contribution in [-0.4, -0.2) is 0 Å². The molecule has 0 heterocycles. The molecule has 2 aromatic rings. The van der Waals surface area contributed by atoms with Gasteiger partial charge in [-0.05, 0) is 24.3 Å². The van der Waals surface area contributed by atoms with Crippen LogP contribution in [0.3, 0.4) is 0 Å². The zero-order valence-corrected chi connectivity index (χ0v) is 12.4. The van der Waals surface area contributed by atoms with Crippen molar-refractivity contribution < 1.29 is 4.74 Å². The van der Waals surface area contributed by atoms with Gasteiger partial charge in [-0.1, -0.05) is 51.3 Å². The van der Waals surface area contributed by atoms with Crippen molar-refractivity contribution in [2.45, 2.75) is 6.61 Å². The molecule has 2 aromatic carbocycles. The molecule has 2 rings (SSSR count). The van der Waals surface area contributed by atoms with Crippen LogP contribution in [0.2, 0.25) is 10.0 Å². The van der Waals surface area contributed by atoms with Gasteiger partial charge >= 0.3 is 0 Å². The molecule has 0 fully saturated rings. The molecule has 2 N–H and O–H groups in total. The Balaban J connectivity index is 2.19. The Kier molecular flexibility index (Phi) is 4.38. The molecule has 5 heteroatoms. The van der Waals surface area contributed by atoms with Gasteiger partial charge in [0.05, 0.1) is 5.02 Å². The molecule has 0 unspecified atom stereocenters. The molecule has 0 radical (unpaired) electrons. The molecule has 0 aromatic heterocycles. The third-order valence-corrected chi connectivity index (χ3v) is 3.99. The number of nitrogen functional groups attached to an aromatic ring is 1. The highest BCUT2D eigenvalue weighted by Crippen LogP contribution is 2.33. The van der Waals surface area contributed by atoms with E-state index in [-0.39, 0.29) is 0 Å². The van der Waals surface area contributed by atoms with Gasteiger partial charge in [-0.2, -0.15) is 0 Å². The van der Waals surface area contributed by atoms with Gasteiger partial charge in [-0.3, -0.25) is 0 Å². The monoisotopic (exact) mass is 345 g/mol. The Hall–Kier alpha value is -0.900. The summed E-state index contributed by atoms with van der Waals surface area (Å²) in [5.74, 6) is 0.541. The Morgan fingerprint density at radius 3 is 2.56 bits per heavy atom. The van der Waals surface area contributed by atoms with Gasteiger partial charge < -0.3 is 10.5 Å². The fraction of sp³-hybridized carbons (Fsp3) is 0.0769. The third-order valence-electron chi connectivity index (χ3n) is 2.44. The zero-order chi connectivity index (χ0) is 13.1. The van der Waals surface area contributed by atoms with Gasteiger partial charge in [-0.15, -0.1) is 0 Å². The van der Waals surface area contributed by atoms with Crippen LogP contribution in [0.25, 0.3) is 0 Å². The maximum absolute atomic E-state index is 6.04. The van der Waals surface area contributed by atoms with E-state index >= 15 is 0 Å². The van der Waals surface area contributed by atoms with Crippen LogP contribution in [0.15, 0.2) is 40.9 Å². The van der Waals surface area contributed by atoms with Crippen LogP contribution in [0, 0.1) is 0 Å². The third kappa shape index (κ3) is 2.91. The molecule has 0 aliphatic carbocycles. The number of anilines is 1. The van der Waals surface area contributed by atoms with Crippen molar-refractivity contribution in [3.8, 4) is 5.75 Å². The number of hydrogen-bond acceptors (Lipinski definition) is 2. The van der Waals surface area contributed by atoms with E-state index in [1.807, 2.05) is 18.2 Å². The van der Waals surface area contributed by atoms with Crippen molar-refractivity contribution in [1.82, 2.24) is 0 Å². The summed E-state index contributed by atoms with van der Waals surface area (Å²) < 4.78 is 6.54. The number of ether oxygens (including phenoxy) is 1. The van der Waals surface area contributed by atoms with Crippen LogP contribution in [0.5, 0.6) is 5.75 Å². The van der Waals surface area contributed by atoms with Crippen LogP contribution in [-0.2, 0) is 6.61 Å². The van der Waals surface area contributed by atoms with Crippen molar-refractivity contribution in [2.24, 2.45) is 0 Å². The first-order valence-corrected chi connectivity index (χ1v) is 6.74. The fourth-order valence-electron chi connectivity index (χ4n) is 1.47. The predicted octanol–water partition coefficient (Wildman–Crippen LogP) is 4.92. The first-order chi connectivity index (χ1) is 8.59. The van der Waals surface area contributed by atoms with E-state index < -0.39 is 0 Å². The SMILES string of the molecule is Nc1cccc(Br)c1COc1cccc(Cl)c1Cl. The number of halogens is 3. The Labute approximate surface area is 124 Å². The highest BCUT2D eigenvalue weighted by atomic mass is 79.9. The summed E-state index contributed by atoms with van der Waals surface area (Å²) in [4.78, 5) is 0. The zero-order valence-electron chi connectivity index (χ0n) is 9.29. The Morgan fingerprint density at radius 2 is 1.83 bits per heavy atom. The minimum atomic E-state index is 0.327. The second kappa shape index (κ2) is 5.83. The van der Waals surface area contributed by atoms with Gasteiger partial charge in [0.25, 0.3) is 0 Å².